The Bertz CT molecular complexity index is 768. The van der Waals surface area contributed by atoms with Crippen molar-refractivity contribution in [2.75, 3.05) is 24.5 Å². The van der Waals surface area contributed by atoms with Crippen molar-refractivity contribution < 1.29 is 9.53 Å². The summed E-state index contributed by atoms with van der Waals surface area (Å²) >= 11 is 0. The van der Waals surface area contributed by atoms with Gasteiger partial charge in [-0.3, -0.25) is 4.79 Å². The van der Waals surface area contributed by atoms with Crippen LogP contribution in [-0.2, 0) is 11.2 Å². The van der Waals surface area contributed by atoms with E-state index in [1.54, 1.807) is 6.08 Å². The molecule has 0 radical (unpaired) electrons. The third-order valence-electron chi connectivity index (χ3n) is 4.79. The monoisotopic (exact) mass is 366 g/mol. The zero-order valence-electron chi connectivity index (χ0n) is 15.7. The number of piperidine rings is 1. The highest BCUT2D eigenvalue weighted by Gasteiger charge is 2.25. The molecule has 1 N–H and O–H groups in total. The van der Waals surface area contributed by atoms with Gasteiger partial charge in [-0.05, 0) is 37.0 Å². The minimum absolute atomic E-state index is 0.0517. The molecule has 6 heteroatoms. The van der Waals surface area contributed by atoms with Crippen molar-refractivity contribution in [2.45, 2.75) is 26.2 Å². The number of nitrogens with zero attached hydrogens (tertiary/aromatic N) is 3. The number of nitrogens with one attached hydrogen (secondary N) is 1. The number of benzene rings is 1. The number of anilines is 1. The van der Waals surface area contributed by atoms with Crippen LogP contribution < -0.4 is 15.0 Å². The average Bonchev–Trinajstić information content (AvgIpc) is 2.73. The summed E-state index contributed by atoms with van der Waals surface area (Å²) in [5, 5.41) is 2.88. The van der Waals surface area contributed by atoms with Gasteiger partial charge in [0.2, 0.25) is 11.8 Å². The molecule has 2 heterocycles. The summed E-state index contributed by atoms with van der Waals surface area (Å²) in [7, 11) is 0. The molecule has 0 bridgehead atoms. The van der Waals surface area contributed by atoms with E-state index in [1.807, 2.05) is 18.2 Å². The molecule has 0 aliphatic carbocycles. The Morgan fingerprint density at radius 3 is 2.70 bits per heavy atom. The van der Waals surface area contributed by atoms with Crippen LogP contribution in [0.1, 0.15) is 25.3 Å². The number of aryl methyl sites for hydroxylation is 1. The maximum Gasteiger partial charge on any atom is 0.224 e. The number of carbonyl (C=O) groups excluding carboxylic acids is 1. The van der Waals surface area contributed by atoms with Gasteiger partial charge in [-0.15, -0.1) is 6.58 Å². The second kappa shape index (κ2) is 9.16. The topological polar surface area (TPSA) is 67.4 Å². The van der Waals surface area contributed by atoms with Crippen LogP contribution in [0.25, 0.3) is 0 Å². The van der Waals surface area contributed by atoms with Crippen LogP contribution in [0.2, 0.25) is 0 Å². The summed E-state index contributed by atoms with van der Waals surface area (Å²) in [4.78, 5) is 22.8. The molecule has 1 aromatic carbocycles. The number of rotatable bonds is 7. The maximum atomic E-state index is 12.1. The van der Waals surface area contributed by atoms with Gasteiger partial charge in [-0.2, -0.15) is 0 Å². The summed E-state index contributed by atoms with van der Waals surface area (Å²) in [5.41, 5.74) is 1.27. The van der Waals surface area contributed by atoms with Gasteiger partial charge >= 0.3 is 0 Å². The largest absolute Gasteiger partial charge is 0.439 e. The minimum atomic E-state index is 0.0517. The van der Waals surface area contributed by atoms with Gasteiger partial charge in [-0.25, -0.2) is 9.97 Å². The van der Waals surface area contributed by atoms with Crippen LogP contribution >= 0.6 is 0 Å². The molecule has 1 aliphatic heterocycles. The molecule has 6 nitrogen and oxygen atoms in total. The second-order valence-electron chi connectivity index (χ2n) is 6.61. The van der Waals surface area contributed by atoms with Gasteiger partial charge in [0, 0.05) is 31.6 Å². The van der Waals surface area contributed by atoms with Crippen molar-refractivity contribution in [1.82, 2.24) is 15.3 Å². The first-order valence-corrected chi connectivity index (χ1v) is 9.42. The quantitative estimate of drug-likeness (QED) is 0.761. The van der Waals surface area contributed by atoms with E-state index in [0.717, 1.165) is 43.9 Å². The van der Waals surface area contributed by atoms with E-state index >= 15 is 0 Å². The SMILES string of the molecule is C=CCNC(=O)C1CCN(c2cc(Oc3ccc(CC)cc3)ncn2)CC1. The Hall–Kier alpha value is -2.89. The molecule has 142 valence electrons. The third kappa shape index (κ3) is 5.06. The molecule has 1 aliphatic rings. The summed E-state index contributed by atoms with van der Waals surface area (Å²) in [5.74, 6) is 2.27. The van der Waals surface area contributed by atoms with Crippen molar-refractivity contribution in [2.24, 2.45) is 5.92 Å². The lowest BCUT2D eigenvalue weighted by Crippen LogP contribution is -2.40. The average molecular weight is 366 g/mol. The van der Waals surface area contributed by atoms with E-state index < -0.39 is 0 Å². The van der Waals surface area contributed by atoms with Crippen molar-refractivity contribution in [3.05, 3.63) is 54.9 Å². The summed E-state index contributed by atoms with van der Waals surface area (Å²) in [6.07, 6.45) is 5.84. The lowest BCUT2D eigenvalue weighted by Gasteiger charge is -2.32. The van der Waals surface area contributed by atoms with Crippen molar-refractivity contribution in [1.29, 1.82) is 0 Å². The van der Waals surface area contributed by atoms with Crippen LogP contribution in [0.4, 0.5) is 5.82 Å². The van der Waals surface area contributed by atoms with Crippen LogP contribution in [0.3, 0.4) is 0 Å². The number of aromatic nitrogens is 2. The van der Waals surface area contributed by atoms with E-state index in [9.17, 15) is 4.79 Å². The van der Waals surface area contributed by atoms with Crippen molar-refractivity contribution in [3.63, 3.8) is 0 Å². The molecule has 1 amide bonds. The Labute approximate surface area is 160 Å². The summed E-state index contributed by atoms with van der Waals surface area (Å²) in [6, 6.07) is 9.87. The van der Waals surface area contributed by atoms with E-state index in [0.29, 0.717) is 12.4 Å². The third-order valence-corrected chi connectivity index (χ3v) is 4.79. The first kappa shape index (κ1) is 18.9. The predicted molar refractivity (Wildman–Crippen MR) is 106 cm³/mol. The van der Waals surface area contributed by atoms with Crippen molar-refractivity contribution in [3.8, 4) is 11.6 Å². The summed E-state index contributed by atoms with van der Waals surface area (Å²) < 4.78 is 5.86. The molecular formula is C21H26N4O2. The molecule has 1 aromatic heterocycles. The number of ether oxygens (including phenoxy) is 1. The fourth-order valence-corrected chi connectivity index (χ4v) is 3.16. The lowest BCUT2D eigenvalue weighted by atomic mass is 9.96. The smallest absolute Gasteiger partial charge is 0.224 e. The number of carbonyl (C=O) groups is 1. The molecular weight excluding hydrogens is 340 g/mol. The normalized spacial score (nSPS) is 14.6. The molecule has 0 spiro atoms. The molecule has 27 heavy (non-hydrogen) atoms. The first-order valence-electron chi connectivity index (χ1n) is 9.42. The van der Waals surface area contributed by atoms with Crippen LogP contribution in [-0.4, -0.2) is 35.5 Å². The number of hydrogen-bond donors (Lipinski definition) is 1. The highest BCUT2D eigenvalue weighted by molar-refractivity contribution is 5.79. The number of amides is 1. The Balaban J connectivity index is 1.59. The standard InChI is InChI=1S/C21H26N4O2/c1-3-11-22-21(26)17-9-12-25(13-10-17)19-14-20(24-15-23-19)27-18-7-5-16(4-2)6-8-18/h3,5-8,14-15,17H,1,4,9-13H2,2H3,(H,22,26). The molecule has 3 rings (SSSR count). The van der Waals surface area contributed by atoms with Crippen molar-refractivity contribution >= 4 is 11.7 Å². The number of hydrogen-bond acceptors (Lipinski definition) is 5. The van der Waals surface area contributed by atoms with Crippen LogP contribution in [0.15, 0.2) is 49.3 Å². The summed E-state index contributed by atoms with van der Waals surface area (Å²) in [6.45, 7) is 7.84. The van der Waals surface area contributed by atoms with Gasteiger partial charge in [-0.1, -0.05) is 25.1 Å². The molecule has 0 atom stereocenters. The molecule has 0 unspecified atom stereocenters. The van der Waals surface area contributed by atoms with E-state index in [2.05, 4.69) is 45.8 Å². The van der Waals surface area contributed by atoms with E-state index in [4.69, 9.17) is 4.74 Å². The fraction of sp³-hybridized carbons (Fsp3) is 0.381. The van der Waals surface area contributed by atoms with Gasteiger partial charge in [0.05, 0.1) is 0 Å². The molecule has 0 saturated carbocycles. The van der Waals surface area contributed by atoms with Gasteiger partial charge in [0.15, 0.2) is 0 Å². The zero-order chi connectivity index (χ0) is 19.1. The molecule has 1 saturated heterocycles. The highest BCUT2D eigenvalue weighted by atomic mass is 16.5. The van der Waals surface area contributed by atoms with Gasteiger partial charge in [0.25, 0.3) is 0 Å². The Morgan fingerprint density at radius 2 is 2.04 bits per heavy atom. The minimum Gasteiger partial charge on any atom is -0.439 e. The second-order valence-corrected chi connectivity index (χ2v) is 6.61. The highest BCUT2D eigenvalue weighted by Crippen LogP contribution is 2.26. The van der Waals surface area contributed by atoms with Gasteiger partial charge in [0.1, 0.15) is 17.9 Å². The first-order chi connectivity index (χ1) is 13.2. The maximum absolute atomic E-state index is 12.1. The molecule has 1 fully saturated rings. The molecule has 2 aromatic rings. The van der Waals surface area contributed by atoms with Crippen LogP contribution in [0.5, 0.6) is 11.6 Å². The predicted octanol–water partition coefficient (Wildman–Crippen LogP) is 3.35. The Morgan fingerprint density at radius 1 is 1.30 bits per heavy atom. The van der Waals surface area contributed by atoms with E-state index in [1.165, 1.54) is 11.9 Å². The lowest BCUT2D eigenvalue weighted by molar-refractivity contribution is -0.125. The zero-order valence-corrected chi connectivity index (χ0v) is 15.7. The van der Waals surface area contributed by atoms with Gasteiger partial charge < -0.3 is 15.0 Å². The van der Waals surface area contributed by atoms with Crippen LogP contribution in [0, 0.1) is 5.92 Å². The fourth-order valence-electron chi connectivity index (χ4n) is 3.16. The van der Waals surface area contributed by atoms with E-state index in [-0.39, 0.29) is 11.8 Å². The Kier molecular flexibility index (Phi) is 6.41.